The van der Waals surface area contributed by atoms with Crippen molar-refractivity contribution in [3.05, 3.63) is 132 Å². The van der Waals surface area contributed by atoms with E-state index in [0.717, 1.165) is 6.07 Å². The first-order chi connectivity index (χ1) is 28.7. The van der Waals surface area contributed by atoms with Gasteiger partial charge in [-0.2, -0.15) is 0 Å². The van der Waals surface area contributed by atoms with Crippen molar-refractivity contribution >= 4 is 35.5 Å². The number of carbonyl (C=O) groups excluding carboxylic acids is 2. The van der Waals surface area contributed by atoms with Crippen molar-refractivity contribution in [2.75, 3.05) is 24.9 Å². The number of hydrogen-bond acceptors (Lipinski definition) is 14. The number of aromatic nitrogens is 4. The highest BCUT2D eigenvalue weighted by Crippen LogP contribution is 2.27. The summed E-state index contributed by atoms with van der Waals surface area (Å²) in [6.45, 7) is 3.01. The minimum absolute atomic E-state index is 0.0266. The first kappa shape index (κ1) is 43.1. The maximum Gasteiger partial charge on any atom is 0.356 e. The van der Waals surface area contributed by atoms with Gasteiger partial charge < -0.3 is 39.8 Å². The number of anilines is 2. The number of hydrogen-bond donors (Lipinski definition) is 4. The fraction of sp³-hybridized carbons (Fsp3) is 0.143. The molecule has 0 aliphatic rings. The summed E-state index contributed by atoms with van der Waals surface area (Å²) in [7, 11) is 2.53. The second-order valence-electron chi connectivity index (χ2n) is 12.5. The monoisotopic (exact) mass is 822 g/mol. The summed E-state index contributed by atoms with van der Waals surface area (Å²) in [5.74, 6) is -1.58. The molecule has 2 atom stereocenters. The Hall–Kier alpha value is -8.02. The summed E-state index contributed by atoms with van der Waals surface area (Å²) in [5, 5.41) is 23.8. The van der Waals surface area contributed by atoms with Gasteiger partial charge in [-0.05, 0) is 111 Å². The molecule has 2 heterocycles. The van der Waals surface area contributed by atoms with Crippen molar-refractivity contribution in [3.8, 4) is 45.8 Å². The van der Waals surface area contributed by atoms with Gasteiger partial charge >= 0.3 is 23.9 Å². The van der Waals surface area contributed by atoms with Gasteiger partial charge in [-0.15, -0.1) is 0 Å². The normalized spacial score (nSPS) is 11.4. The molecule has 6 rings (SSSR count). The number of methoxy groups -OCH3 is 2. The first-order valence-electron chi connectivity index (χ1n) is 17.7. The van der Waals surface area contributed by atoms with E-state index in [1.807, 2.05) is 0 Å². The largest absolute Gasteiger partial charge is 0.480 e. The van der Waals surface area contributed by atoms with Crippen LogP contribution in [0.5, 0.6) is 23.0 Å². The molecule has 0 spiro atoms. The van der Waals surface area contributed by atoms with Crippen LogP contribution in [0, 0.1) is 11.6 Å². The fourth-order valence-electron chi connectivity index (χ4n) is 4.98. The van der Waals surface area contributed by atoms with Crippen molar-refractivity contribution in [1.82, 2.24) is 19.9 Å². The number of aliphatic carboxylic acids is 1. The van der Waals surface area contributed by atoms with Crippen molar-refractivity contribution in [3.63, 3.8) is 0 Å². The van der Waals surface area contributed by atoms with Gasteiger partial charge in [0, 0.05) is 23.3 Å². The summed E-state index contributed by atoms with van der Waals surface area (Å²) in [6, 6.07) is 25.4. The number of nitrogens with zero attached hydrogens (tertiary/aromatic N) is 4. The summed E-state index contributed by atoms with van der Waals surface area (Å²) in [6.07, 6.45) is 0. The molecule has 2 aromatic heterocycles. The van der Waals surface area contributed by atoms with Gasteiger partial charge in [-0.25, -0.2) is 43.1 Å². The average Bonchev–Trinajstić information content (AvgIpc) is 3.25. The third kappa shape index (κ3) is 12.0. The number of carbonyl (C=O) groups is 4. The number of esters is 2. The molecule has 0 radical (unpaired) electrons. The zero-order chi connectivity index (χ0) is 43.3. The molecule has 0 bridgehead atoms. The lowest BCUT2D eigenvalue weighted by Crippen LogP contribution is -2.28. The van der Waals surface area contributed by atoms with Crippen molar-refractivity contribution in [2.45, 2.75) is 25.9 Å². The molecule has 0 amide bonds. The summed E-state index contributed by atoms with van der Waals surface area (Å²) < 4.78 is 46.7. The van der Waals surface area contributed by atoms with E-state index in [0.29, 0.717) is 34.1 Å². The van der Waals surface area contributed by atoms with E-state index in [-0.39, 0.29) is 46.3 Å². The van der Waals surface area contributed by atoms with E-state index in [1.54, 1.807) is 55.5 Å². The molecule has 0 saturated carbocycles. The molecule has 0 unspecified atom stereocenters. The zero-order valence-electron chi connectivity index (χ0n) is 32.3. The second-order valence-corrected chi connectivity index (χ2v) is 12.5. The Morgan fingerprint density at radius 2 is 0.933 bits per heavy atom. The SMILES string of the molecule is COC(=O)c1cc(N[C@@H](C)C(=O)OC)nc(-c2ccc(Oc3ccc(F)cc3)cc2)n1.C[C@H](Nc1cc(C(=O)O)nc(-c2ccc(Oc3ccc(F)cc3)cc2)n1)C(=O)O. The van der Waals surface area contributed by atoms with Crippen LogP contribution in [-0.2, 0) is 19.1 Å². The minimum Gasteiger partial charge on any atom is -0.480 e. The maximum atomic E-state index is 13.0. The second kappa shape index (κ2) is 19.9. The minimum atomic E-state index is -1.27. The Balaban J connectivity index is 0.000000228. The zero-order valence-corrected chi connectivity index (χ0v) is 32.3. The molecule has 6 aromatic rings. The molecule has 0 aliphatic carbocycles. The van der Waals surface area contributed by atoms with Crippen LogP contribution in [0.15, 0.2) is 109 Å². The number of nitrogens with one attached hydrogen (secondary N) is 2. The van der Waals surface area contributed by atoms with Gasteiger partial charge in [0.1, 0.15) is 58.4 Å². The topological polar surface area (TPSA) is 221 Å². The lowest BCUT2D eigenvalue weighted by atomic mass is 10.2. The van der Waals surface area contributed by atoms with E-state index >= 15 is 0 Å². The molecule has 16 nitrogen and oxygen atoms in total. The molecular weight excluding hydrogens is 786 g/mol. The molecule has 4 aromatic carbocycles. The number of carboxylic acid groups (broad SMARTS) is 2. The lowest BCUT2D eigenvalue weighted by Gasteiger charge is -2.14. The summed E-state index contributed by atoms with van der Waals surface area (Å²) >= 11 is 0. The van der Waals surface area contributed by atoms with Crippen molar-refractivity contribution in [2.24, 2.45) is 0 Å². The molecular formula is C42H36F2N6O10. The van der Waals surface area contributed by atoms with E-state index in [1.165, 1.54) is 75.7 Å². The molecule has 308 valence electrons. The molecule has 4 N–H and O–H groups in total. The third-order valence-electron chi connectivity index (χ3n) is 8.04. The highest BCUT2D eigenvalue weighted by atomic mass is 19.1. The number of carboxylic acids is 2. The molecule has 60 heavy (non-hydrogen) atoms. The Kier molecular flexibility index (Phi) is 14.3. The number of aromatic carboxylic acids is 1. The van der Waals surface area contributed by atoms with Gasteiger partial charge in [0.25, 0.3) is 0 Å². The Morgan fingerprint density at radius 1 is 0.550 bits per heavy atom. The Morgan fingerprint density at radius 3 is 1.32 bits per heavy atom. The Labute approximate surface area is 340 Å². The Bertz CT molecular complexity index is 2460. The highest BCUT2D eigenvalue weighted by Gasteiger charge is 2.19. The number of benzene rings is 4. The predicted octanol–water partition coefficient (Wildman–Crippen LogP) is 7.49. The first-order valence-corrected chi connectivity index (χ1v) is 17.7. The lowest BCUT2D eigenvalue weighted by molar-refractivity contribution is -0.141. The number of halogens is 2. The summed E-state index contributed by atoms with van der Waals surface area (Å²) in [4.78, 5) is 62.9. The van der Waals surface area contributed by atoms with Crippen LogP contribution >= 0.6 is 0 Å². The molecule has 0 saturated heterocycles. The fourth-order valence-corrected chi connectivity index (χ4v) is 4.98. The van der Waals surface area contributed by atoms with E-state index in [9.17, 15) is 33.1 Å². The van der Waals surface area contributed by atoms with Gasteiger partial charge in [0.05, 0.1) is 14.2 Å². The van der Waals surface area contributed by atoms with E-state index in [2.05, 4.69) is 30.6 Å². The quantitative estimate of drug-likeness (QED) is 0.0781. The number of rotatable bonds is 14. The highest BCUT2D eigenvalue weighted by molar-refractivity contribution is 5.89. The van der Waals surface area contributed by atoms with Crippen LogP contribution in [0.1, 0.15) is 34.8 Å². The molecule has 18 heteroatoms. The third-order valence-corrected chi connectivity index (χ3v) is 8.04. The van der Waals surface area contributed by atoms with Crippen LogP contribution in [0.3, 0.4) is 0 Å². The maximum absolute atomic E-state index is 13.0. The average molecular weight is 823 g/mol. The smallest absolute Gasteiger partial charge is 0.356 e. The standard InChI is InChI=1S/C22H20FN3O5.C20H16FN3O5/c1-13(21(27)29-2)24-19-12-18(22(28)30-3)25-20(26-19)14-4-8-16(9-5-14)31-17-10-6-15(23)7-11-17;1-11(19(25)26)22-17-10-16(20(27)28)23-18(24-17)12-2-6-14(7-3-12)29-15-8-4-13(21)5-9-15/h4-13H,1-3H3,(H,24,25,26);2-11H,1H3,(H,25,26)(H,27,28)(H,22,23,24)/t13-;11-/m00/s1. The van der Waals surface area contributed by atoms with Crippen LogP contribution in [-0.4, -0.2) is 80.3 Å². The van der Waals surface area contributed by atoms with Crippen LogP contribution < -0.4 is 20.1 Å². The molecule has 0 fully saturated rings. The van der Waals surface area contributed by atoms with Gasteiger partial charge in [-0.1, -0.05) is 0 Å². The van der Waals surface area contributed by atoms with Crippen LogP contribution in [0.2, 0.25) is 0 Å². The van der Waals surface area contributed by atoms with Gasteiger partial charge in [0.15, 0.2) is 23.0 Å². The summed E-state index contributed by atoms with van der Waals surface area (Å²) in [5.41, 5.74) is 0.858. The van der Waals surface area contributed by atoms with Crippen LogP contribution in [0.4, 0.5) is 20.4 Å². The van der Waals surface area contributed by atoms with Crippen molar-refractivity contribution < 1.29 is 57.1 Å². The van der Waals surface area contributed by atoms with Crippen molar-refractivity contribution in [1.29, 1.82) is 0 Å². The van der Waals surface area contributed by atoms with E-state index in [4.69, 9.17) is 24.1 Å². The molecule has 0 aliphatic heterocycles. The predicted molar refractivity (Wildman–Crippen MR) is 212 cm³/mol. The van der Waals surface area contributed by atoms with Gasteiger partial charge in [0.2, 0.25) is 0 Å². The van der Waals surface area contributed by atoms with E-state index < -0.39 is 36.0 Å². The number of ether oxygens (including phenoxy) is 4. The van der Waals surface area contributed by atoms with Crippen LogP contribution in [0.25, 0.3) is 22.8 Å². The van der Waals surface area contributed by atoms with Gasteiger partial charge in [-0.3, -0.25) is 4.79 Å².